The van der Waals surface area contributed by atoms with Gasteiger partial charge >= 0.3 is 0 Å². The summed E-state index contributed by atoms with van der Waals surface area (Å²) in [6, 6.07) is 8.70. The third-order valence-electron chi connectivity index (χ3n) is 4.49. The van der Waals surface area contributed by atoms with E-state index in [0.717, 1.165) is 43.1 Å². The molecule has 0 fully saturated rings. The number of aromatic nitrogens is 2. The summed E-state index contributed by atoms with van der Waals surface area (Å²) in [6.07, 6.45) is 0.794. The van der Waals surface area contributed by atoms with Gasteiger partial charge in [-0.25, -0.2) is 9.97 Å². The molecule has 7 heteroatoms. The fraction of sp³-hybridized carbons (Fsp3) is 0.474. The number of rotatable bonds is 9. The van der Waals surface area contributed by atoms with E-state index in [0.29, 0.717) is 11.9 Å². The first-order valence-electron chi connectivity index (χ1n) is 9.09. The molecule has 0 amide bonds. The van der Waals surface area contributed by atoms with Gasteiger partial charge in [0.1, 0.15) is 5.82 Å². The molecule has 0 aliphatic heterocycles. The topological polar surface area (TPSA) is 84.2 Å². The Morgan fingerprint density at radius 3 is 2.35 bits per heavy atom. The second-order valence-electron chi connectivity index (χ2n) is 6.18. The molecule has 140 valence electrons. The van der Waals surface area contributed by atoms with Crippen molar-refractivity contribution < 1.29 is 4.92 Å². The summed E-state index contributed by atoms with van der Waals surface area (Å²) in [6.45, 7) is 11.4. The standard InChI is InChI=1S/C19H27N5O2/c1-5-16-12-18(20-13-14(4)23(6-2)7-3)22-19(21-16)15-8-10-17(11-9-15)24(25)26/h8-12,14H,5-7,13H2,1-4H3,(H,20,21,22). The Balaban J connectivity index is 2.21. The number of nitro groups is 1. The maximum absolute atomic E-state index is 10.8. The largest absolute Gasteiger partial charge is 0.368 e. The second kappa shape index (κ2) is 9.24. The third-order valence-corrected chi connectivity index (χ3v) is 4.49. The molecule has 0 bridgehead atoms. The van der Waals surface area contributed by atoms with Gasteiger partial charge in [0.15, 0.2) is 5.82 Å². The molecule has 0 aliphatic rings. The number of aryl methyl sites for hydroxylation is 1. The van der Waals surface area contributed by atoms with Crippen LogP contribution in [-0.2, 0) is 6.42 Å². The van der Waals surface area contributed by atoms with Crippen LogP contribution in [0.15, 0.2) is 30.3 Å². The first kappa shape index (κ1) is 19.8. The number of non-ortho nitro benzene ring substituents is 1. The molecule has 1 aromatic heterocycles. The third kappa shape index (κ3) is 4.98. The highest BCUT2D eigenvalue weighted by Gasteiger charge is 2.12. The van der Waals surface area contributed by atoms with Crippen molar-refractivity contribution in [1.29, 1.82) is 0 Å². The Kier molecular flexibility index (Phi) is 7.03. The predicted octanol–water partition coefficient (Wildman–Crippen LogP) is 3.76. The van der Waals surface area contributed by atoms with E-state index in [2.05, 4.69) is 41.0 Å². The molecule has 0 radical (unpaired) electrons. The number of nitrogens with one attached hydrogen (secondary N) is 1. The summed E-state index contributed by atoms with van der Waals surface area (Å²) in [7, 11) is 0. The summed E-state index contributed by atoms with van der Waals surface area (Å²) in [5.41, 5.74) is 1.77. The summed E-state index contributed by atoms with van der Waals surface area (Å²) >= 11 is 0. The van der Waals surface area contributed by atoms with Crippen LogP contribution < -0.4 is 5.32 Å². The average Bonchev–Trinajstić information content (AvgIpc) is 2.67. The first-order chi connectivity index (χ1) is 12.5. The number of likely N-dealkylation sites (N-methyl/N-ethyl adjacent to an activating group) is 1. The Morgan fingerprint density at radius 1 is 1.15 bits per heavy atom. The van der Waals surface area contributed by atoms with Crippen molar-refractivity contribution in [2.75, 3.05) is 25.0 Å². The maximum Gasteiger partial charge on any atom is 0.269 e. The van der Waals surface area contributed by atoms with Crippen molar-refractivity contribution >= 4 is 11.5 Å². The van der Waals surface area contributed by atoms with E-state index >= 15 is 0 Å². The minimum atomic E-state index is -0.408. The van der Waals surface area contributed by atoms with E-state index < -0.39 is 4.92 Å². The Hall–Kier alpha value is -2.54. The summed E-state index contributed by atoms with van der Waals surface area (Å²) in [5.74, 6) is 1.36. The molecule has 0 saturated carbocycles. The van der Waals surface area contributed by atoms with Crippen molar-refractivity contribution in [1.82, 2.24) is 14.9 Å². The van der Waals surface area contributed by atoms with Crippen LogP contribution >= 0.6 is 0 Å². The van der Waals surface area contributed by atoms with Gasteiger partial charge < -0.3 is 5.32 Å². The zero-order chi connectivity index (χ0) is 19.1. The Bertz CT molecular complexity index is 729. The quantitative estimate of drug-likeness (QED) is 0.543. The average molecular weight is 357 g/mol. The molecule has 1 N–H and O–H groups in total. The molecule has 1 heterocycles. The molecular formula is C19H27N5O2. The van der Waals surface area contributed by atoms with Crippen LogP contribution in [0.2, 0.25) is 0 Å². The van der Waals surface area contributed by atoms with E-state index in [1.54, 1.807) is 12.1 Å². The van der Waals surface area contributed by atoms with Crippen molar-refractivity contribution in [3.8, 4) is 11.4 Å². The lowest BCUT2D eigenvalue weighted by molar-refractivity contribution is -0.384. The van der Waals surface area contributed by atoms with Gasteiger partial charge in [-0.2, -0.15) is 0 Å². The minimum absolute atomic E-state index is 0.0618. The number of anilines is 1. The molecule has 26 heavy (non-hydrogen) atoms. The van der Waals surface area contributed by atoms with Crippen LogP contribution in [-0.4, -0.2) is 45.5 Å². The number of hydrogen-bond donors (Lipinski definition) is 1. The monoisotopic (exact) mass is 357 g/mol. The highest BCUT2D eigenvalue weighted by atomic mass is 16.6. The molecule has 7 nitrogen and oxygen atoms in total. The van der Waals surface area contributed by atoms with Gasteiger partial charge in [0.05, 0.1) is 4.92 Å². The van der Waals surface area contributed by atoms with Crippen LogP contribution in [0.1, 0.15) is 33.4 Å². The van der Waals surface area contributed by atoms with E-state index in [1.807, 2.05) is 13.0 Å². The first-order valence-corrected chi connectivity index (χ1v) is 9.09. The molecule has 1 atom stereocenters. The fourth-order valence-corrected chi connectivity index (χ4v) is 2.86. The number of nitrogens with zero attached hydrogens (tertiary/aromatic N) is 4. The Morgan fingerprint density at radius 2 is 1.81 bits per heavy atom. The maximum atomic E-state index is 10.8. The van der Waals surface area contributed by atoms with Crippen LogP contribution in [0.5, 0.6) is 0 Å². The lowest BCUT2D eigenvalue weighted by Crippen LogP contribution is -2.37. The van der Waals surface area contributed by atoms with E-state index in [-0.39, 0.29) is 5.69 Å². The highest BCUT2D eigenvalue weighted by Crippen LogP contribution is 2.21. The van der Waals surface area contributed by atoms with Crippen LogP contribution in [0.4, 0.5) is 11.5 Å². The molecule has 1 aromatic carbocycles. The Labute approximate surface area is 154 Å². The zero-order valence-corrected chi connectivity index (χ0v) is 15.9. The van der Waals surface area contributed by atoms with Gasteiger partial charge in [-0.05, 0) is 38.6 Å². The summed E-state index contributed by atoms with van der Waals surface area (Å²) in [4.78, 5) is 21.9. The molecular weight excluding hydrogens is 330 g/mol. The number of hydrogen-bond acceptors (Lipinski definition) is 6. The fourth-order valence-electron chi connectivity index (χ4n) is 2.86. The van der Waals surface area contributed by atoms with Gasteiger partial charge in [-0.3, -0.25) is 15.0 Å². The summed E-state index contributed by atoms with van der Waals surface area (Å²) in [5, 5.41) is 14.2. The number of nitro benzene ring substituents is 1. The molecule has 0 spiro atoms. The van der Waals surface area contributed by atoms with Crippen LogP contribution in [0.3, 0.4) is 0 Å². The SMILES string of the molecule is CCc1cc(NCC(C)N(CC)CC)nc(-c2ccc([N+](=O)[O-])cc2)n1. The molecule has 2 aromatic rings. The lowest BCUT2D eigenvalue weighted by Gasteiger charge is -2.26. The van der Waals surface area contributed by atoms with Crippen molar-refractivity contribution in [3.05, 3.63) is 46.1 Å². The smallest absolute Gasteiger partial charge is 0.269 e. The second-order valence-corrected chi connectivity index (χ2v) is 6.18. The molecule has 0 saturated heterocycles. The van der Waals surface area contributed by atoms with E-state index in [1.165, 1.54) is 12.1 Å². The molecule has 0 aliphatic carbocycles. The van der Waals surface area contributed by atoms with Crippen LogP contribution in [0.25, 0.3) is 11.4 Å². The predicted molar refractivity (Wildman–Crippen MR) is 104 cm³/mol. The van der Waals surface area contributed by atoms with Crippen molar-refractivity contribution in [3.63, 3.8) is 0 Å². The van der Waals surface area contributed by atoms with Gasteiger partial charge in [0, 0.05) is 42.0 Å². The number of benzene rings is 1. The van der Waals surface area contributed by atoms with E-state index in [9.17, 15) is 10.1 Å². The highest BCUT2D eigenvalue weighted by molar-refractivity contribution is 5.59. The van der Waals surface area contributed by atoms with Crippen molar-refractivity contribution in [2.45, 2.75) is 40.2 Å². The van der Waals surface area contributed by atoms with Gasteiger partial charge in [-0.1, -0.05) is 20.8 Å². The minimum Gasteiger partial charge on any atom is -0.368 e. The molecule has 2 rings (SSSR count). The van der Waals surface area contributed by atoms with Crippen LogP contribution in [0, 0.1) is 10.1 Å². The lowest BCUT2D eigenvalue weighted by atomic mass is 10.2. The van der Waals surface area contributed by atoms with E-state index in [4.69, 9.17) is 0 Å². The molecule has 1 unspecified atom stereocenters. The van der Waals surface area contributed by atoms with Crippen molar-refractivity contribution in [2.24, 2.45) is 0 Å². The van der Waals surface area contributed by atoms with Gasteiger partial charge in [-0.15, -0.1) is 0 Å². The van der Waals surface area contributed by atoms with Gasteiger partial charge in [0.25, 0.3) is 5.69 Å². The van der Waals surface area contributed by atoms with Gasteiger partial charge in [0.2, 0.25) is 0 Å². The normalized spacial score (nSPS) is 12.2. The zero-order valence-electron chi connectivity index (χ0n) is 15.9. The summed E-state index contributed by atoms with van der Waals surface area (Å²) < 4.78 is 0.